The van der Waals surface area contributed by atoms with Crippen LogP contribution in [-0.4, -0.2) is 133 Å². The van der Waals surface area contributed by atoms with Crippen molar-refractivity contribution in [2.24, 2.45) is 20.0 Å². The minimum atomic E-state index is -3.08. The first-order valence-electron chi connectivity index (χ1n) is 28.4. The number of carbonyl (C=O) groups excluding carboxylic acids is 2. The fourth-order valence-electron chi connectivity index (χ4n) is 10.3. The van der Waals surface area contributed by atoms with Crippen molar-refractivity contribution in [3.8, 4) is 57.0 Å². The second-order valence-corrected chi connectivity index (χ2v) is 20.8. The molecule has 1 aliphatic heterocycles. The van der Waals surface area contributed by atoms with Crippen molar-refractivity contribution in [1.29, 1.82) is 0 Å². The molecule has 0 aliphatic carbocycles. The topological polar surface area (TPSA) is 238 Å². The highest BCUT2D eigenvalue weighted by Gasteiger charge is 2.25. The molecule has 10 aromatic rings. The van der Waals surface area contributed by atoms with Gasteiger partial charge in [0, 0.05) is 90.7 Å². The summed E-state index contributed by atoms with van der Waals surface area (Å²) in [5.74, 6) is 0.905. The summed E-state index contributed by atoms with van der Waals surface area (Å²) in [7, 11) is 3.30. The zero-order valence-electron chi connectivity index (χ0n) is 48.3. The van der Waals surface area contributed by atoms with E-state index in [1.807, 2.05) is 48.5 Å². The summed E-state index contributed by atoms with van der Waals surface area (Å²) in [6.07, 6.45) is 16.2. The largest absolute Gasteiger partial charge is 0.457 e. The van der Waals surface area contributed by atoms with Crippen molar-refractivity contribution >= 4 is 34.5 Å². The lowest BCUT2D eigenvalue weighted by Gasteiger charge is -2.31. The fraction of sp³-hybridized carbons (Fsp3) is 0.290. The maximum atomic E-state index is 13.4. The monoisotopic (exact) mass is 1210 g/mol. The van der Waals surface area contributed by atoms with Crippen LogP contribution in [0.4, 0.5) is 28.9 Å². The van der Waals surface area contributed by atoms with E-state index in [1.165, 1.54) is 55.1 Å². The molecule has 7 heterocycles. The highest BCUT2D eigenvalue weighted by molar-refractivity contribution is 6.10. The number of hydrogen-bond donors (Lipinski definition) is 4. The Bertz CT molecular complexity index is 3730. The molecule has 11 rings (SSSR count). The summed E-state index contributed by atoms with van der Waals surface area (Å²) >= 11 is 0. The number of aliphatic hydroxyl groups excluding tert-OH is 2. The normalized spacial score (nSPS) is 13.5. The number of hydrogen-bond acceptors (Lipinski definition) is 16. The molecule has 0 radical (unpaired) electrons. The van der Waals surface area contributed by atoms with E-state index >= 15 is 0 Å². The molecule has 26 heteroatoms. The molecule has 1 atom stereocenters. The van der Waals surface area contributed by atoms with Gasteiger partial charge in [0.25, 0.3) is 11.8 Å². The lowest BCUT2D eigenvalue weighted by Crippen LogP contribution is -2.36. The van der Waals surface area contributed by atoms with Crippen LogP contribution in [0.1, 0.15) is 64.4 Å². The Balaban J connectivity index is 0.000000194. The molecule has 458 valence electrons. The molecule has 6 aromatic heterocycles. The molecule has 1 fully saturated rings. The molecule has 2 amide bonds. The van der Waals surface area contributed by atoms with Gasteiger partial charge in [-0.2, -0.15) is 38.0 Å². The molecular weight excluding hydrogens is 1140 g/mol. The van der Waals surface area contributed by atoms with Gasteiger partial charge >= 0.3 is 13.2 Å². The number of halogens is 4. The Kier molecular flexibility index (Phi) is 19.9. The number of piperidine rings is 1. The highest BCUT2D eigenvalue weighted by atomic mass is 19.3. The van der Waals surface area contributed by atoms with E-state index in [-0.39, 0.29) is 69.7 Å². The predicted molar refractivity (Wildman–Crippen MR) is 318 cm³/mol. The third-order valence-corrected chi connectivity index (χ3v) is 14.2. The van der Waals surface area contributed by atoms with Crippen molar-refractivity contribution < 1.29 is 56.3 Å². The summed E-state index contributed by atoms with van der Waals surface area (Å²) in [5, 5.41) is 41.5. The third kappa shape index (κ3) is 15.4. The van der Waals surface area contributed by atoms with Crippen LogP contribution in [0, 0.1) is 5.92 Å². The van der Waals surface area contributed by atoms with Crippen LogP contribution in [-0.2, 0) is 27.2 Å². The maximum absolute atomic E-state index is 13.4. The molecule has 0 saturated carbocycles. The van der Waals surface area contributed by atoms with Gasteiger partial charge in [-0.3, -0.25) is 28.8 Å². The lowest BCUT2D eigenvalue weighted by molar-refractivity contribution is -0.0501. The van der Waals surface area contributed by atoms with Crippen LogP contribution in [0.3, 0.4) is 0 Å². The van der Waals surface area contributed by atoms with Crippen molar-refractivity contribution in [1.82, 2.24) is 58.6 Å². The second-order valence-electron chi connectivity index (χ2n) is 20.8. The zero-order valence-corrected chi connectivity index (χ0v) is 48.3. The number of anilines is 2. The first-order valence-corrected chi connectivity index (χ1v) is 28.4. The van der Waals surface area contributed by atoms with E-state index in [0.717, 1.165) is 69.7 Å². The number of aliphatic hydroxyl groups is 2. The summed E-state index contributed by atoms with van der Waals surface area (Å²) in [4.78, 5) is 39.5. The first-order chi connectivity index (χ1) is 42.7. The van der Waals surface area contributed by atoms with Crippen LogP contribution in [0.25, 0.3) is 33.8 Å². The van der Waals surface area contributed by atoms with Gasteiger partial charge in [-0.1, -0.05) is 31.2 Å². The first kappa shape index (κ1) is 61.3. The number of alkyl halides is 4. The Morgan fingerprint density at radius 1 is 0.682 bits per heavy atom. The van der Waals surface area contributed by atoms with Crippen LogP contribution in [0.15, 0.2) is 147 Å². The number of ether oxygens (including phenoxy) is 4. The summed E-state index contributed by atoms with van der Waals surface area (Å²) in [6, 6.07) is 27.6. The second kappa shape index (κ2) is 28.6. The molecule has 88 heavy (non-hydrogen) atoms. The molecule has 0 spiro atoms. The van der Waals surface area contributed by atoms with E-state index in [1.54, 1.807) is 75.5 Å². The summed E-state index contributed by atoms with van der Waals surface area (Å²) < 4.78 is 81.2. The van der Waals surface area contributed by atoms with Gasteiger partial charge in [0.15, 0.2) is 11.3 Å². The molecule has 4 N–H and O–H groups in total. The number of carbonyl (C=O) groups is 2. The quantitative estimate of drug-likeness (QED) is 0.0412. The standard InChI is InChI=1S/C31H31F2N7O4.C31H33F2N7O4/c1-38-18-26(36-30(42)25-15-35-40-13-3-11-34-29(25)40)28(37-38)24-14-23(9-10-27(24)44-31(32)33)43-22-7-5-20(6-8-22)16-39-12-2-4-21(17-39)19-41;1-3-13-39(14-5-16-41)19-21-6-8-22(9-7-21)43-23-10-11-27(44-31(32)33)24(17-23)28-26(20-38(2)37-28)36-30(42)25-18-35-40-15-4-12-34-29(25)40/h3,5-11,13-15,18,21,31,41H,2,4,12,16-17,19H2,1H3,(H,36,42);4,6-12,15,17-18,20,31,41H,3,5,13-14,16,19H2,1-2H3,(H,36,42)/t21-;/m0./s1. The maximum Gasteiger partial charge on any atom is 0.387 e. The fourth-order valence-corrected chi connectivity index (χ4v) is 10.3. The SMILES string of the molecule is CCCN(CCCO)Cc1ccc(Oc2ccc(OC(F)F)c(-c3nn(C)cc3NC(=O)c3cnn4cccnc34)c2)cc1.Cn1cc(NC(=O)c2cnn3cccnc23)c(-c2cc(Oc3ccc(CN4CCC[C@H](CO)C4)cc3)ccc2OC(F)F)n1. The molecule has 1 saturated heterocycles. The number of fused-ring (bicyclic) bond motifs is 2. The molecule has 4 aromatic carbocycles. The van der Waals surface area contributed by atoms with E-state index < -0.39 is 25.0 Å². The smallest absolute Gasteiger partial charge is 0.387 e. The van der Waals surface area contributed by atoms with Crippen molar-refractivity contribution in [3.05, 3.63) is 169 Å². The number of nitrogens with one attached hydrogen (secondary N) is 2. The summed E-state index contributed by atoms with van der Waals surface area (Å²) in [6.45, 7) is 1.46. The lowest BCUT2D eigenvalue weighted by atomic mass is 9.98. The zero-order chi connectivity index (χ0) is 61.7. The Morgan fingerprint density at radius 3 is 1.66 bits per heavy atom. The molecule has 0 bridgehead atoms. The number of aryl methyl sites for hydroxylation is 2. The Labute approximate surface area is 502 Å². The van der Waals surface area contributed by atoms with Crippen LogP contribution < -0.4 is 29.6 Å². The Hall–Kier alpha value is -9.76. The number of rotatable bonds is 24. The van der Waals surface area contributed by atoms with Gasteiger partial charge in [0.05, 0.1) is 34.9 Å². The van der Waals surface area contributed by atoms with E-state index in [2.05, 4.69) is 57.7 Å². The van der Waals surface area contributed by atoms with Gasteiger partial charge in [-0.05, 0) is 129 Å². The molecular formula is C62H64F4N14O8. The minimum Gasteiger partial charge on any atom is -0.457 e. The number of aromatic nitrogens is 10. The molecule has 22 nitrogen and oxygen atoms in total. The third-order valence-electron chi connectivity index (χ3n) is 14.2. The van der Waals surface area contributed by atoms with E-state index in [4.69, 9.17) is 18.9 Å². The number of amides is 2. The van der Waals surface area contributed by atoms with Crippen LogP contribution in [0.5, 0.6) is 34.5 Å². The number of benzene rings is 4. The van der Waals surface area contributed by atoms with Gasteiger partial charge in [0.1, 0.15) is 57.0 Å². The van der Waals surface area contributed by atoms with Crippen molar-refractivity contribution in [2.45, 2.75) is 58.9 Å². The average Bonchev–Trinajstić information content (AvgIpc) is 3.40. The van der Waals surface area contributed by atoms with Crippen LogP contribution in [0.2, 0.25) is 0 Å². The highest BCUT2D eigenvalue weighted by Crippen LogP contribution is 2.41. The van der Waals surface area contributed by atoms with E-state index in [0.29, 0.717) is 46.6 Å². The van der Waals surface area contributed by atoms with Crippen molar-refractivity contribution in [3.63, 3.8) is 0 Å². The number of nitrogens with zero attached hydrogens (tertiary/aromatic N) is 12. The average molecular weight is 1210 g/mol. The van der Waals surface area contributed by atoms with Crippen LogP contribution >= 0.6 is 0 Å². The number of likely N-dealkylation sites (tertiary alicyclic amines) is 1. The van der Waals surface area contributed by atoms with Gasteiger partial charge in [-0.15, -0.1) is 0 Å². The van der Waals surface area contributed by atoms with Crippen molar-refractivity contribution in [2.75, 3.05) is 50.0 Å². The summed E-state index contributed by atoms with van der Waals surface area (Å²) in [5.41, 5.74) is 4.78. The Morgan fingerprint density at radius 2 is 1.18 bits per heavy atom. The molecule has 0 unspecified atom stereocenters. The predicted octanol–water partition coefficient (Wildman–Crippen LogP) is 10.4. The van der Waals surface area contributed by atoms with E-state index in [9.17, 15) is 37.4 Å². The minimum absolute atomic E-state index is 0.128. The molecule has 1 aliphatic rings. The van der Waals surface area contributed by atoms with Gasteiger partial charge in [-0.25, -0.2) is 19.0 Å². The van der Waals surface area contributed by atoms with Gasteiger partial charge < -0.3 is 39.8 Å². The van der Waals surface area contributed by atoms with Gasteiger partial charge in [0.2, 0.25) is 0 Å².